The molecule has 2 fully saturated rings. The molecule has 0 aliphatic carbocycles. The standard InChI is InChI=1S/C11H18N2/c12-6-1-3-10-5-8-13-7-2-4-11(10)9-13/h10-11H,1-5,7-9H2. The molecule has 2 bridgehead atoms. The Hall–Kier alpha value is -0.550. The second kappa shape index (κ2) is 4.11. The fourth-order valence-electron chi connectivity index (χ4n) is 2.89. The maximum Gasteiger partial charge on any atom is 0.0621 e. The van der Waals surface area contributed by atoms with Gasteiger partial charge in [0.1, 0.15) is 0 Å². The quantitative estimate of drug-likeness (QED) is 0.647. The highest BCUT2D eigenvalue weighted by Gasteiger charge is 2.31. The topological polar surface area (TPSA) is 27.0 Å². The second-order valence-corrected chi connectivity index (χ2v) is 4.45. The van der Waals surface area contributed by atoms with Gasteiger partial charge < -0.3 is 4.90 Å². The Bertz CT molecular complexity index is 207. The molecule has 0 saturated carbocycles. The molecule has 0 amide bonds. The van der Waals surface area contributed by atoms with Gasteiger partial charge in [-0.25, -0.2) is 0 Å². The van der Waals surface area contributed by atoms with Crippen LogP contribution in [0.4, 0.5) is 0 Å². The molecule has 0 aromatic heterocycles. The first-order chi connectivity index (χ1) is 6.40. The normalized spacial score (nSPS) is 38.2. The van der Waals surface area contributed by atoms with E-state index in [-0.39, 0.29) is 0 Å². The Morgan fingerprint density at radius 1 is 1.31 bits per heavy atom. The zero-order chi connectivity index (χ0) is 9.10. The minimum Gasteiger partial charge on any atom is -0.303 e. The van der Waals surface area contributed by atoms with Gasteiger partial charge in [-0.15, -0.1) is 0 Å². The van der Waals surface area contributed by atoms with E-state index in [2.05, 4.69) is 11.0 Å². The van der Waals surface area contributed by atoms with Crippen molar-refractivity contribution in [3.05, 3.63) is 0 Å². The van der Waals surface area contributed by atoms with Crippen LogP contribution in [0.15, 0.2) is 0 Å². The molecule has 0 aromatic rings. The Labute approximate surface area is 80.5 Å². The Morgan fingerprint density at radius 2 is 2.23 bits per heavy atom. The molecule has 2 rings (SSSR count). The van der Waals surface area contributed by atoms with Crippen LogP contribution in [0.3, 0.4) is 0 Å². The van der Waals surface area contributed by atoms with Crippen LogP contribution in [0.5, 0.6) is 0 Å². The van der Waals surface area contributed by atoms with Crippen molar-refractivity contribution in [2.45, 2.75) is 32.1 Å². The van der Waals surface area contributed by atoms with Crippen LogP contribution in [0.2, 0.25) is 0 Å². The molecule has 3 atom stereocenters. The summed E-state index contributed by atoms with van der Waals surface area (Å²) >= 11 is 0. The number of hydrogen-bond donors (Lipinski definition) is 0. The maximum atomic E-state index is 8.56. The van der Waals surface area contributed by atoms with E-state index in [4.69, 9.17) is 5.26 Å². The van der Waals surface area contributed by atoms with Crippen molar-refractivity contribution >= 4 is 0 Å². The summed E-state index contributed by atoms with van der Waals surface area (Å²) in [6.45, 7) is 3.92. The van der Waals surface area contributed by atoms with Crippen molar-refractivity contribution in [2.75, 3.05) is 19.6 Å². The Balaban J connectivity index is 1.87. The van der Waals surface area contributed by atoms with Gasteiger partial charge in [0.15, 0.2) is 0 Å². The smallest absolute Gasteiger partial charge is 0.0621 e. The molecule has 2 aliphatic heterocycles. The summed E-state index contributed by atoms with van der Waals surface area (Å²) in [7, 11) is 0. The van der Waals surface area contributed by atoms with Crippen molar-refractivity contribution < 1.29 is 0 Å². The van der Waals surface area contributed by atoms with Gasteiger partial charge in [-0.2, -0.15) is 5.26 Å². The van der Waals surface area contributed by atoms with Gasteiger partial charge in [-0.3, -0.25) is 0 Å². The van der Waals surface area contributed by atoms with Gasteiger partial charge in [0.25, 0.3) is 0 Å². The minimum absolute atomic E-state index is 0.765. The van der Waals surface area contributed by atoms with Crippen LogP contribution in [0.1, 0.15) is 32.1 Å². The van der Waals surface area contributed by atoms with E-state index in [0.717, 1.165) is 24.7 Å². The average molecular weight is 178 g/mol. The summed E-state index contributed by atoms with van der Waals surface area (Å²) in [5.74, 6) is 1.77. The summed E-state index contributed by atoms with van der Waals surface area (Å²) in [6.07, 6.45) is 6.04. The van der Waals surface area contributed by atoms with Gasteiger partial charge in [0.05, 0.1) is 6.07 Å². The van der Waals surface area contributed by atoms with Crippen LogP contribution < -0.4 is 0 Å². The molecule has 2 heteroatoms. The van der Waals surface area contributed by atoms with Gasteiger partial charge in [-0.05, 0) is 50.6 Å². The number of nitriles is 1. The third kappa shape index (κ3) is 2.03. The molecule has 0 radical (unpaired) electrons. The van der Waals surface area contributed by atoms with Crippen LogP contribution in [0.25, 0.3) is 0 Å². The molecule has 72 valence electrons. The van der Waals surface area contributed by atoms with E-state index in [0.29, 0.717) is 0 Å². The highest BCUT2D eigenvalue weighted by molar-refractivity contribution is 4.86. The van der Waals surface area contributed by atoms with Crippen molar-refractivity contribution in [3.8, 4) is 6.07 Å². The van der Waals surface area contributed by atoms with Crippen molar-refractivity contribution in [1.82, 2.24) is 4.90 Å². The van der Waals surface area contributed by atoms with E-state index in [9.17, 15) is 0 Å². The first-order valence-corrected chi connectivity index (χ1v) is 5.49. The summed E-state index contributed by atoms with van der Waals surface area (Å²) in [5.41, 5.74) is 0. The van der Waals surface area contributed by atoms with Gasteiger partial charge in [0, 0.05) is 13.0 Å². The highest BCUT2D eigenvalue weighted by Crippen LogP contribution is 2.33. The summed E-state index contributed by atoms with van der Waals surface area (Å²) in [4.78, 5) is 2.59. The largest absolute Gasteiger partial charge is 0.303 e. The zero-order valence-electron chi connectivity index (χ0n) is 8.21. The predicted octanol–water partition coefficient (Wildman–Crippen LogP) is 2.02. The van der Waals surface area contributed by atoms with Gasteiger partial charge in [-0.1, -0.05) is 0 Å². The monoisotopic (exact) mass is 178 g/mol. The van der Waals surface area contributed by atoms with Crippen LogP contribution in [0, 0.1) is 23.2 Å². The third-order valence-electron chi connectivity index (χ3n) is 3.65. The first kappa shape index (κ1) is 9.02. The number of nitrogens with zero attached hydrogens (tertiary/aromatic N) is 2. The number of rotatable bonds is 2. The summed E-state index contributed by atoms with van der Waals surface area (Å²) in [5, 5.41) is 8.56. The minimum atomic E-state index is 0.765. The molecule has 2 nitrogen and oxygen atoms in total. The molecule has 2 heterocycles. The number of piperidine rings is 2. The fourth-order valence-corrected chi connectivity index (χ4v) is 2.89. The summed E-state index contributed by atoms with van der Waals surface area (Å²) in [6, 6.07) is 2.28. The molecule has 13 heavy (non-hydrogen) atoms. The highest BCUT2D eigenvalue weighted by atomic mass is 15.1. The van der Waals surface area contributed by atoms with Crippen LogP contribution in [-0.4, -0.2) is 24.5 Å². The third-order valence-corrected chi connectivity index (χ3v) is 3.65. The maximum absolute atomic E-state index is 8.56. The summed E-state index contributed by atoms with van der Waals surface area (Å²) < 4.78 is 0. The molecule has 2 saturated heterocycles. The number of hydrogen-bond acceptors (Lipinski definition) is 2. The van der Waals surface area contributed by atoms with E-state index < -0.39 is 0 Å². The van der Waals surface area contributed by atoms with Gasteiger partial charge >= 0.3 is 0 Å². The molecule has 2 aliphatic rings. The van der Waals surface area contributed by atoms with Gasteiger partial charge in [0.2, 0.25) is 0 Å². The van der Waals surface area contributed by atoms with Crippen molar-refractivity contribution in [1.29, 1.82) is 5.26 Å². The number of fused-ring (bicyclic) bond motifs is 2. The molecular weight excluding hydrogens is 160 g/mol. The van der Waals surface area contributed by atoms with E-state index in [1.54, 1.807) is 0 Å². The lowest BCUT2D eigenvalue weighted by Gasteiger charge is -2.42. The zero-order valence-corrected chi connectivity index (χ0v) is 8.21. The SMILES string of the molecule is N#CCCC1CCN2CCCC1C2. The molecule has 0 spiro atoms. The lowest BCUT2D eigenvalue weighted by Crippen LogP contribution is -2.44. The lowest BCUT2D eigenvalue weighted by molar-refractivity contribution is 0.0706. The second-order valence-electron chi connectivity index (χ2n) is 4.45. The van der Waals surface area contributed by atoms with Crippen molar-refractivity contribution in [2.24, 2.45) is 11.8 Å². The van der Waals surface area contributed by atoms with E-state index in [1.165, 1.54) is 38.9 Å². The molecule has 0 N–H and O–H groups in total. The molecular formula is C11H18N2. The first-order valence-electron chi connectivity index (χ1n) is 5.49. The average Bonchev–Trinajstić information content (AvgIpc) is 2.18. The molecule has 0 aromatic carbocycles. The lowest BCUT2D eigenvalue weighted by atomic mass is 9.78. The predicted molar refractivity (Wildman–Crippen MR) is 52.1 cm³/mol. The van der Waals surface area contributed by atoms with E-state index in [1.807, 2.05) is 0 Å². The Morgan fingerprint density at radius 3 is 3.08 bits per heavy atom. The van der Waals surface area contributed by atoms with Crippen molar-refractivity contribution in [3.63, 3.8) is 0 Å². The van der Waals surface area contributed by atoms with E-state index >= 15 is 0 Å². The Kier molecular flexibility index (Phi) is 2.85. The molecule has 3 unspecified atom stereocenters. The fraction of sp³-hybridized carbons (Fsp3) is 0.909. The van der Waals surface area contributed by atoms with Crippen LogP contribution in [-0.2, 0) is 0 Å². The van der Waals surface area contributed by atoms with Crippen LogP contribution >= 0.6 is 0 Å².